The lowest BCUT2D eigenvalue weighted by molar-refractivity contribution is 0.172. The van der Waals surface area contributed by atoms with E-state index in [0.717, 1.165) is 5.92 Å². The van der Waals surface area contributed by atoms with Gasteiger partial charge in [-0.05, 0) is 86.0 Å². The van der Waals surface area contributed by atoms with Crippen molar-refractivity contribution in [2.24, 2.45) is 5.92 Å². The van der Waals surface area contributed by atoms with Crippen molar-refractivity contribution in [1.82, 2.24) is 4.90 Å². The Hall–Kier alpha value is -0.290. The third-order valence-corrected chi connectivity index (χ3v) is 5.42. The van der Waals surface area contributed by atoms with Crippen LogP contribution >= 0.6 is 22.6 Å². The van der Waals surface area contributed by atoms with Gasteiger partial charge >= 0.3 is 0 Å². The molecule has 2 rings (SSSR count). The maximum Gasteiger partial charge on any atom is 0.0353 e. The lowest BCUT2D eigenvalue weighted by Gasteiger charge is -2.35. The number of halogens is 1. The van der Waals surface area contributed by atoms with E-state index in [4.69, 9.17) is 0 Å². The zero-order valence-electron chi connectivity index (χ0n) is 12.2. The zero-order valence-corrected chi connectivity index (χ0v) is 14.4. The van der Waals surface area contributed by atoms with Crippen LogP contribution in [0.3, 0.4) is 0 Å². The highest BCUT2D eigenvalue weighted by molar-refractivity contribution is 14.1. The monoisotopic (exact) mass is 372 g/mol. The maximum atomic E-state index is 3.69. The van der Waals surface area contributed by atoms with E-state index >= 15 is 0 Å². The van der Waals surface area contributed by atoms with E-state index in [-0.39, 0.29) is 0 Å². The number of benzene rings is 1. The van der Waals surface area contributed by atoms with Gasteiger partial charge in [0.15, 0.2) is 0 Å². The minimum Gasteiger partial charge on any atom is -0.382 e. The number of hydrogen-bond acceptors (Lipinski definition) is 2. The summed E-state index contributed by atoms with van der Waals surface area (Å²) < 4.78 is 1.34. The maximum absolute atomic E-state index is 3.69. The first-order chi connectivity index (χ1) is 9.10. The highest BCUT2D eigenvalue weighted by Gasteiger charge is 2.23. The largest absolute Gasteiger partial charge is 0.382 e. The molecule has 2 unspecified atom stereocenters. The van der Waals surface area contributed by atoms with Crippen LogP contribution in [0.4, 0.5) is 5.69 Å². The Morgan fingerprint density at radius 2 is 2.26 bits per heavy atom. The Labute approximate surface area is 131 Å². The molecule has 2 atom stereocenters. The Balaban J connectivity index is 1.96. The third kappa shape index (κ3) is 4.09. The first-order valence-corrected chi connectivity index (χ1v) is 8.43. The summed E-state index contributed by atoms with van der Waals surface area (Å²) in [6.45, 7) is 10.5. The topological polar surface area (TPSA) is 15.3 Å². The second kappa shape index (κ2) is 6.93. The fourth-order valence-corrected chi connectivity index (χ4v) is 3.37. The van der Waals surface area contributed by atoms with E-state index in [1.807, 2.05) is 0 Å². The predicted molar refractivity (Wildman–Crippen MR) is 91.8 cm³/mol. The number of aryl methyl sites for hydroxylation is 1. The average molecular weight is 372 g/mol. The van der Waals surface area contributed by atoms with Gasteiger partial charge in [-0.2, -0.15) is 0 Å². The van der Waals surface area contributed by atoms with Crippen molar-refractivity contribution in [2.75, 3.05) is 25.0 Å². The van der Waals surface area contributed by atoms with E-state index in [0.29, 0.717) is 6.04 Å². The van der Waals surface area contributed by atoms with Gasteiger partial charge in [0, 0.05) is 21.8 Å². The summed E-state index contributed by atoms with van der Waals surface area (Å²) in [7, 11) is 0. The first-order valence-electron chi connectivity index (χ1n) is 7.35. The smallest absolute Gasteiger partial charge is 0.0353 e. The lowest BCUT2D eigenvalue weighted by atomic mass is 9.91. The standard InChI is InChI=1S/C16H25IN2/c1-4-19-9-5-6-14(11-19)13(3)18-15-8-7-12(2)16(17)10-15/h7-8,10,13-14,18H,4-6,9,11H2,1-3H3. The van der Waals surface area contributed by atoms with Crippen LogP contribution in [0.15, 0.2) is 18.2 Å². The number of anilines is 1. The van der Waals surface area contributed by atoms with Crippen molar-refractivity contribution in [2.45, 2.75) is 39.7 Å². The van der Waals surface area contributed by atoms with Crippen molar-refractivity contribution >= 4 is 28.3 Å². The van der Waals surface area contributed by atoms with E-state index in [2.05, 4.69) is 71.8 Å². The quantitative estimate of drug-likeness (QED) is 0.800. The summed E-state index contributed by atoms with van der Waals surface area (Å²) in [5.41, 5.74) is 2.62. The molecular formula is C16H25IN2. The van der Waals surface area contributed by atoms with Gasteiger partial charge in [-0.25, -0.2) is 0 Å². The molecule has 1 aliphatic rings. The average Bonchev–Trinajstić information content (AvgIpc) is 2.43. The SMILES string of the molecule is CCN1CCCC(C(C)Nc2ccc(C)c(I)c2)C1. The molecule has 0 bridgehead atoms. The predicted octanol–water partition coefficient (Wildman–Crippen LogP) is 4.13. The van der Waals surface area contributed by atoms with Crippen LogP contribution in [0.2, 0.25) is 0 Å². The van der Waals surface area contributed by atoms with Crippen LogP contribution < -0.4 is 5.32 Å². The molecule has 19 heavy (non-hydrogen) atoms. The summed E-state index contributed by atoms with van der Waals surface area (Å²) in [5.74, 6) is 0.771. The molecule has 0 spiro atoms. The zero-order chi connectivity index (χ0) is 13.8. The molecule has 2 nitrogen and oxygen atoms in total. The van der Waals surface area contributed by atoms with Crippen LogP contribution in [0.25, 0.3) is 0 Å². The minimum atomic E-state index is 0.549. The second-order valence-corrected chi connectivity index (χ2v) is 6.85. The molecule has 1 aliphatic heterocycles. The van der Waals surface area contributed by atoms with Gasteiger partial charge in [-0.15, -0.1) is 0 Å². The van der Waals surface area contributed by atoms with Gasteiger partial charge in [-0.1, -0.05) is 13.0 Å². The summed E-state index contributed by atoms with van der Waals surface area (Å²) in [4.78, 5) is 2.57. The molecule has 0 radical (unpaired) electrons. The molecule has 0 aromatic heterocycles. The molecule has 1 N–H and O–H groups in total. The van der Waals surface area contributed by atoms with Crippen molar-refractivity contribution in [3.8, 4) is 0 Å². The van der Waals surface area contributed by atoms with Crippen LogP contribution in [0.5, 0.6) is 0 Å². The fourth-order valence-electron chi connectivity index (χ4n) is 2.85. The molecule has 0 amide bonds. The summed E-state index contributed by atoms with van der Waals surface area (Å²) in [6, 6.07) is 7.21. The second-order valence-electron chi connectivity index (χ2n) is 5.69. The van der Waals surface area contributed by atoms with Gasteiger partial charge in [0.2, 0.25) is 0 Å². The van der Waals surface area contributed by atoms with E-state index in [1.54, 1.807) is 0 Å². The van der Waals surface area contributed by atoms with Crippen LogP contribution in [0.1, 0.15) is 32.3 Å². The molecule has 0 saturated carbocycles. The van der Waals surface area contributed by atoms with Gasteiger partial charge in [0.25, 0.3) is 0 Å². The Morgan fingerprint density at radius 3 is 2.95 bits per heavy atom. The molecule has 1 saturated heterocycles. The van der Waals surface area contributed by atoms with Gasteiger partial charge < -0.3 is 10.2 Å². The summed E-state index contributed by atoms with van der Waals surface area (Å²) in [5, 5.41) is 3.69. The fraction of sp³-hybridized carbons (Fsp3) is 0.625. The first kappa shape index (κ1) is 15.1. The molecular weight excluding hydrogens is 347 g/mol. The number of rotatable bonds is 4. The number of nitrogens with zero attached hydrogens (tertiary/aromatic N) is 1. The molecule has 1 heterocycles. The van der Waals surface area contributed by atoms with Gasteiger partial charge in [0.05, 0.1) is 0 Å². The molecule has 1 fully saturated rings. The van der Waals surface area contributed by atoms with Crippen molar-refractivity contribution < 1.29 is 0 Å². The normalized spacial score (nSPS) is 22.2. The highest BCUT2D eigenvalue weighted by Crippen LogP contribution is 2.23. The molecule has 3 heteroatoms. The van der Waals surface area contributed by atoms with E-state index < -0.39 is 0 Å². The number of nitrogens with one attached hydrogen (secondary N) is 1. The molecule has 1 aromatic rings. The van der Waals surface area contributed by atoms with E-state index in [9.17, 15) is 0 Å². The lowest BCUT2D eigenvalue weighted by Crippen LogP contribution is -2.41. The van der Waals surface area contributed by atoms with Crippen LogP contribution in [-0.4, -0.2) is 30.6 Å². The number of hydrogen-bond donors (Lipinski definition) is 1. The van der Waals surface area contributed by atoms with Crippen LogP contribution in [-0.2, 0) is 0 Å². The van der Waals surface area contributed by atoms with Gasteiger partial charge in [0.1, 0.15) is 0 Å². The van der Waals surface area contributed by atoms with Gasteiger partial charge in [-0.3, -0.25) is 0 Å². The number of likely N-dealkylation sites (tertiary alicyclic amines) is 1. The van der Waals surface area contributed by atoms with Crippen molar-refractivity contribution in [3.05, 3.63) is 27.3 Å². The van der Waals surface area contributed by atoms with Crippen molar-refractivity contribution in [3.63, 3.8) is 0 Å². The number of piperidine rings is 1. The summed E-state index contributed by atoms with van der Waals surface area (Å²) in [6.07, 6.45) is 2.70. The minimum absolute atomic E-state index is 0.549. The Kier molecular flexibility index (Phi) is 5.51. The van der Waals surface area contributed by atoms with Crippen LogP contribution in [0, 0.1) is 16.4 Å². The molecule has 1 aromatic carbocycles. The third-order valence-electron chi connectivity index (χ3n) is 4.26. The Bertz CT molecular complexity index is 419. The van der Waals surface area contributed by atoms with E-state index in [1.165, 1.54) is 47.3 Å². The highest BCUT2D eigenvalue weighted by atomic mass is 127. The molecule has 106 valence electrons. The Morgan fingerprint density at radius 1 is 1.47 bits per heavy atom. The summed E-state index contributed by atoms with van der Waals surface area (Å²) >= 11 is 2.41. The molecule has 0 aliphatic carbocycles. The van der Waals surface area contributed by atoms with Crippen molar-refractivity contribution in [1.29, 1.82) is 0 Å².